The van der Waals surface area contributed by atoms with Crippen LogP contribution in [-0.4, -0.2) is 64.7 Å². The molecule has 44 heavy (non-hydrogen) atoms. The van der Waals surface area contributed by atoms with E-state index in [1.165, 1.54) is 23.0 Å². The Hall–Kier alpha value is -4.92. The number of hydrazone groups is 1. The molecule has 0 saturated carbocycles. The van der Waals surface area contributed by atoms with Gasteiger partial charge in [0.2, 0.25) is 0 Å². The van der Waals surface area contributed by atoms with Crippen LogP contribution in [0.15, 0.2) is 23.4 Å². The minimum Gasteiger partial charge on any atom is -0.444 e. The van der Waals surface area contributed by atoms with Crippen LogP contribution in [0.3, 0.4) is 0 Å². The fourth-order valence-corrected chi connectivity index (χ4v) is 5.45. The summed E-state index contributed by atoms with van der Waals surface area (Å²) in [6, 6.07) is 5.09. The van der Waals surface area contributed by atoms with Crippen molar-refractivity contribution in [3.63, 3.8) is 0 Å². The van der Waals surface area contributed by atoms with Crippen molar-refractivity contribution in [2.75, 3.05) is 36.8 Å². The second kappa shape index (κ2) is 12.0. The van der Waals surface area contributed by atoms with Crippen LogP contribution in [0.4, 0.5) is 20.7 Å². The molecule has 0 radical (unpaired) electrons. The smallest absolute Gasteiger partial charge is 0.407 e. The van der Waals surface area contributed by atoms with E-state index in [-0.39, 0.29) is 68.0 Å². The molecule has 1 aromatic carbocycles. The Kier molecular flexibility index (Phi) is 7.27. The van der Waals surface area contributed by atoms with Crippen molar-refractivity contribution < 1.29 is 22.8 Å². The van der Waals surface area contributed by atoms with Gasteiger partial charge in [0.1, 0.15) is 17.5 Å². The molecule has 2 aliphatic rings. The third-order valence-corrected chi connectivity index (χ3v) is 7.39. The Morgan fingerprint density at radius 2 is 2.02 bits per heavy atom. The number of nitrogens with zero attached hydrogens (tertiary/aromatic N) is 6. The lowest BCUT2D eigenvalue weighted by atomic mass is 9.94. The van der Waals surface area contributed by atoms with E-state index in [0.717, 1.165) is 12.8 Å². The van der Waals surface area contributed by atoms with Crippen LogP contribution in [-0.2, 0) is 16.6 Å². The number of nitrogens with one attached hydrogen (secondary N) is 3. The summed E-state index contributed by atoms with van der Waals surface area (Å²) in [7, 11) is 1.56. The number of amides is 1. The van der Waals surface area contributed by atoms with Gasteiger partial charge < -0.3 is 20.3 Å². The largest absolute Gasteiger partial charge is 0.444 e. The van der Waals surface area contributed by atoms with E-state index in [0.29, 0.717) is 18.8 Å². The summed E-state index contributed by atoms with van der Waals surface area (Å²) in [5.74, 6) is 0.635. The van der Waals surface area contributed by atoms with Crippen molar-refractivity contribution in [2.45, 2.75) is 39.2 Å². The average Bonchev–Trinajstić information content (AvgIpc) is 3.65. The van der Waals surface area contributed by atoms with Crippen molar-refractivity contribution in [3.8, 4) is 28.6 Å². The zero-order chi connectivity index (χ0) is 34.3. The van der Waals surface area contributed by atoms with E-state index in [1.807, 2.05) is 4.90 Å². The molecule has 4 heterocycles. The molecule has 3 aromatic rings. The topological polar surface area (TPSA) is 150 Å². The third-order valence-electron chi connectivity index (χ3n) is 7.11. The van der Waals surface area contributed by atoms with Crippen molar-refractivity contribution >= 4 is 46.5 Å². The molecule has 1 amide bonds. The zero-order valence-corrected chi connectivity index (χ0v) is 25.2. The number of carbonyl (C=O) groups is 1. The summed E-state index contributed by atoms with van der Waals surface area (Å²) in [4.78, 5) is 30.9. The maximum atomic E-state index is 16.0. The number of carbonyl (C=O) groups excluding carboxylic acids is 2. The number of ether oxygens (including phenoxy) is 1. The molecule has 228 valence electrons. The standard InChI is InChI=1S/C30H31ClFN9O3/c1-30(2,3)44-29(43)35-14-21-16-10-20(37-28(34-4)24(16)22(15-42)39-38-21)18-13-36-40(5)27(18)25-17(12-33)23(11-19(31)26(25)32)41-8-6-7-9-41/h10-11,13,39H,6-9,14H2,1-5H3,(H,34,37)(H,35,43)/i4D3. The number of rotatable bonds is 6. The average molecular weight is 623 g/mol. The molecule has 14 heteroatoms. The minimum absolute atomic E-state index is 0.0317. The SMILES string of the molecule is [2H]C([2H])([2H])Nc1nc(-c2cnn(C)c2-c2c(F)c(Cl)cc(N3CCCC3)c2C#N)cc2c1C(=C=O)NN=C2CNC(=O)OC(C)(C)C. The summed E-state index contributed by atoms with van der Waals surface area (Å²) < 4.78 is 46.3. The molecular weight excluding hydrogens is 589 g/mol. The molecule has 5 rings (SSSR count). The van der Waals surface area contributed by atoms with E-state index in [1.54, 1.807) is 33.8 Å². The van der Waals surface area contributed by atoms with Gasteiger partial charge in [-0.3, -0.25) is 10.1 Å². The Morgan fingerprint density at radius 1 is 1.27 bits per heavy atom. The maximum Gasteiger partial charge on any atom is 0.407 e. The van der Waals surface area contributed by atoms with Gasteiger partial charge in [-0.15, -0.1) is 0 Å². The first-order valence-electron chi connectivity index (χ1n) is 15.2. The molecule has 0 unspecified atom stereocenters. The number of hydrogen-bond donors (Lipinski definition) is 3. The normalized spacial score (nSPS) is 15.6. The van der Waals surface area contributed by atoms with Crippen LogP contribution >= 0.6 is 11.6 Å². The lowest BCUT2D eigenvalue weighted by molar-refractivity contribution is 0.0536. The molecule has 0 atom stereocenters. The van der Waals surface area contributed by atoms with Gasteiger partial charge >= 0.3 is 6.09 Å². The highest BCUT2D eigenvalue weighted by Crippen LogP contribution is 2.43. The first-order valence-corrected chi connectivity index (χ1v) is 14.1. The molecular formula is C30H31ClFN9O3. The molecule has 2 aliphatic heterocycles. The van der Waals surface area contributed by atoms with Crippen molar-refractivity contribution in [1.82, 2.24) is 25.5 Å². The molecule has 0 spiro atoms. The molecule has 0 aliphatic carbocycles. The number of benzene rings is 1. The van der Waals surface area contributed by atoms with Gasteiger partial charge in [0.05, 0.1) is 57.2 Å². The highest BCUT2D eigenvalue weighted by Gasteiger charge is 2.30. The summed E-state index contributed by atoms with van der Waals surface area (Å²) in [6.07, 6.45) is 2.47. The number of nitriles is 1. The summed E-state index contributed by atoms with van der Waals surface area (Å²) in [5, 5.41) is 23.6. The number of pyridine rings is 1. The Morgan fingerprint density at radius 3 is 2.68 bits per heavy atom. The molecule has 2 aromatic heterocycles. The highest BCUT2D eigenvalue weighted by molar-refractivity contribution is 6.31. The van der Waals surface area contributed by atoms with Crippen molar-refractivity contribution in [2.24, 2.45) is 12.1 Å². The lowest BCUT2D eigenvalue weighted by Gasteiger charge is -2.24. The Bertz CT molecular complexity index is 1880. The lowest BCUT2D eigenvalue weighted by Crippen LogP contribution is -2.37. The van der Waals surface area contributed by atoms with Crippen LogP contribution < -0.4 is 21.0 Å². The van der Waals surface area contributed by atoms with Crippen LogP contribution in [0.1, 0.15) is 54.4 Å². The van der Waals surface area contributed by atoms with Gasteiger partial charge in [-0.25, -0.2) is 19.0 Å². The van der Waals surface area contributed by atoms with Gasteiger partial charge in [0.15, 0.2) is 17.5 Å². The fourth-order valence-electron chi connectivity index (χ4n) is 5.25. The number of fused-ring (bicyclic) bond motifs is 1. The number of aryl methyl sites for hydroxylation is 1. The number of aromatic nitrogens is 3. The highest BCUT2D eigenvalue weighted by atomic mass is 35.5. The quantitative estimate of drug-likeness (QED) is 0.339. The van der Waals surface area contributed by atoms with Crippen LogP contribution in [0, 0.1) is 17.1 Å². The number of anilines is 2. The van der Waals surface area contributed by atoms with E-state index < -0.39 is 24.5 Å². The summed E-state index contributed by atoms with van der Waals surface area (Å²) in [5.41, 5.74) is 2.90. The summed E-state index contributed by atoms with van der Waals surface area (Å²) in [6.45, 7) is 3.49. The van der Waals surface area contributed by atoms with E-state index in [9.17, 15) is 14.9 Å². The molecule has 1 fully saturated rings. The van der Waals surface area contributed by atoms with Gasteiger partial charge in [0, 0.05) is 42.4 Å². The van der Waals surface area contributed by atoms with E-state index in [2.05, 4.69) is 37.3 Å². The van der Waals surface area contributed by atoms with Crippen LogP contribution in [0.5, 0.6) is 0 Å². The minimum atomic E-state index is -2.76. The van der Waals surface area contributed by atoms with Crippen LogP contribution in [0.25, 0.3) is 28.2 Å². The second-order valence-electron chi connectivity index (χ2n) is 11.2. The maximum absolute atomic E-state index is 16.0. The Labute approximate surface area is 262 Å². The van der Waals surface area contributed by atoms with Gasteiger partial charge in [-0.2, -0.15) is 15.5 Å². The van der Waals surface area contributed by atoms with Crippen molar-refractivity contribution in [1.29, 1.82) is 5.26 Å². The van der Waals surface area contributed by atoms with Gasteiger partial charge in [-0.1, -0.05) is 11.6 Å². The molecule has 3 N–H and O–H groups in total. The van der Waals surface area contributed by atoms with Crippen molar-refractivity contribution in [3.05, 3.63) is 45.9 Å². The van der Waals surface area contributed by atoms with Gasteiger partial charge in [0.25, 0.3) is 0 Å². The Balaban J connectivity index is 1.72. The molecule has 0 bridgehead atoms. The number of alkyl carbamates (subject to hydrolysis) is 1. The predicted octanol–water partition coefficient (Wildman–Crippen LogP) is 4.46. The first-order chi connectivity index (χ1) is 22.1. The second-order valence-corrected chi connectivity index (χ2v) is 11.6. The zero-order valence-electron chi connectivity index (χ0n) is 27.4. The number of halogens is 2. The van der Waals surface area contributed by atoms with Gasteiger partial charge in [-0.05, 0) is 45.7 Å². The molecule has 12 nitrogen and oxygen atoms in total. The van der Waals surface area contributed by atoms with Crippen LogP contribution in [0.2, 0.25) is 5.02 Å². The van der Waals surface area contributed by atoms with E-state index in [4.69, 9.17) is 20.5 Å². The molecule has 1 saturated heterocycles. The monoisotopic (exact) mass is 622 g/mol. The first kappa shape index (κ1) is 26.7. The fraction of sp³-hybridized carbons (Fsp3) is 0.367. The predicted molar refractivity (Wildman–Crippen MR) is 166 cm³/mol. The number of hydrogen-bond acceptors (Lipinski definition) is 10. The summed E-state index contributed by atoms with van der Waals surface area (Å²) >= 11 is 6.40. The van der Waals surface area contributed by atoms with E-state index >= 15 is 4.39 Å². The third kappa shape index (κ3) is 5.69.